The number of rotatable bonds is 3. The maximum Gasteiger partial charge on any atom is 1.00 e. The van der Waals surface area contributed by atoms with Crippen LogP contribution in [0.25, 0.3) is 3.75 Å². The third kappa shape index (κ3) is 3.82. The second-order valence-corrected chi connectivity index (χ2v) is 4.72. The summed E-state index contributed by atoms with van der Waals surface area (Å²) in [5.74, 6) is 0. The summed E-state index contributed by atoms with van der Waals surface area (Å²) in [7, 11) is -3.72. The van der Waals surface area contributed by atoms with Gasteiger partial charge in [0.2, 0.25) is 0 Å². The van der Waals surface area contributed by atoms with E-state index in [9.17, 15) is 18.5 Å². The smallest absolute Gasteiger partial charge is 0.480 e. The Hall–Kier alpha value is 0.01000. The van der Waals surface area contributed by atoms with E-state index in [-0.39, 0.29) is 40.1 Å². The normalized spacial score (nSPS) is 10.5. The molecule has 0 atom stereocenters. The number of nitro benzene ring substituents is 1. The van der Waals surface area contributed by atoms with E-state index in [0.717, 1.165) is 24.3 Å². The molecule has 0 spiro atoms. The van der Waals surface area contributed by atoms with Crippen molar-refractivity contribution in [2.75, 3.05) is 0 Å². The van der Waals surface area contributed by atoms with Gasteiger partial charge in [0.05, 0.1) is 4.92 Å². The molecule has 15 heavy (non-hydrogen) atoms. The molecule has 0 N–H and O–H groups in total. The molecule has 0 fully saturated rings. The van der Waals surface area contributed by atoms with Crippen LogP contribution in [0.1, 0.15) is 0 Å². The molecule has 0 bridgehead atoms. The first-order valence-electron chi connectivity index (χ1n) is 3.30. The molecule has 0 unspecified atom stereocenters. The van der Waals surface area contributed by atoms with Gasteiger partial charge in [0.1, 0.15) is 10.0 Å². The summed E-state index contributed by atoms with van der Waals surface area (Å²) in [5.41, 5.74) is -0.168. The second-order valence-electron chi connectivity index (χ2n) is 2.30. The average Bonchev–Trinajstić information content (AvgIpc) is 2.18. The molecule has 0 radical (unpaired) electrons. The zero-order valence-electron chi connectivity index (χ0n) is 7.62. The van der Waals surface area contributed by atoms with Crippen LogP contribution in [-0.4, -0.2) is 13.3 Å². The summed E-state index contributed by atoms with van der Waals surface area (Å²) in [6, 6.07) is 4.45. The summed E-state index contributed by atoms with van der Waals surface area (Å²) in [4.78, 5) is 9.55. The van der Waals surface area contributed by atoms with Gasteiger partial charge in [-0.2, -0.15) is 0 Å². The molecule has 0 aliphatic rings. The molecular formula is C6H4BrN2NaO4S. The van der Waals surface area contributed by atoms with Crippen molar-refractivity contribution in [3.63, 3.8) is 0 Å². The van der Waals surface area contributed by atoms with Crippen molar-refractivity contribution in [3.8, 4) is 0 Å². The summed E-state index contributed by atoms with van der Waals surface area (Å²) in [6.07, 6.45) is 0. The van der Waals surface area contributed by atoms with Crippen molar-refractivity contribution >= 4 is 31.9 Å². The molecule has 0 aliphatic heterocycles. The predicted molar refractivity (Wildman–Crippen MR) is 52.6 cm³/mol. The topological polar surface area (TPSA) is 91.4 Å². The van der Waals surface area contributed by atoms with Gasteiger partial charge in [0, 0.05) is 17.0 Å². The number of halogens is 1. The molecule has 1 rings (SSSR count). The van der Waals surface area contributed by atoms with E-state index in [0.29, 0.717) is 0 Å². The van der Waals surface area contributed by atoms with Gasteiger partial charge in [-0.3, -0.25) is 10.1 Å². The fourth-order valence-electron chi connectivity index (χ4n) is 0.780. The molecule has 1 aromatic rings. The number of nitro groups is 1. The average molecular weight is 303 g/mol. The van der Waals surface area contributed by atoms with Crippen molar-refractivity contribution in [3.05, 3.63) is 38.1 Å². The minimum absolute atomic E-state index is 0. The molecule has 1 aromatic carbocycles. The Balaban J connectivity index is 0.00000196. The van der Waals surface area contributed by atoms with Crippen LogP contribution in [0, 0.1) is 10.1 Å². The van der Waals surface area contributed by atoms with E-state index < -0.39 is 14.9 Å². The second kappa shape index (κ2) is 5.92. The molecule has 0 aromatic heterocycles. The zero-order valence-corrected chi connectivity index (χ0v) is 12.0. The standard InChI is InChI=1S/C6H4BrN2O4S.Na/c7-8-14(12,13)6-3-1-5(2-4-6)9(10)11;/h1-4H;/q-1;+1. The summed E-state index contributed by atoms with van der Waals surface area (Å²) >= 11 is 2.46. The molecule has 0 saturated heterocycles. The van der Waals surface area contributed by atoms with Crippen molar-refractivity contribution in [2.24, 2.45) is 0 Å². The molecule has 0 heterocycles. The minimum Gasteiger partial charge on any atom is -0.480 e. The monoisotopic (exact) mass is 302 g/mol. The van der Waals surface area contributed by atoms with E-state index >= 15 is 0 Å². The van der Waals surface area contributed by atoms with E-state index in [1.807, 2.05) is 0 Å². The molecule has 9 heteroatoms. The van der Waals surface area contributed by atoms with Crippen LogP contribution in [0.5, 0.6) is 0 Å². The van der Waals surface area contributed by atoms with Gasteiger partial charge < -0.3 is 3.75 Å². The quantitative estimate of drug-likeness (QED) is 0.405. The molecule has 0 amide bonds. The Morgan fingerprint density at radius 3 is 2.07 bits per heavy atom. The number of non-ortho nitro benzene ring substituents is 1. The van der Waals surface area contributed by atoms with Gasteiger partial charge in [-0.05, 0) is 12.1 Å². The molecule has 0 aliphatic carbocycles. The van der Waals surface area contributed by atoms with Crippen molar-refractivity contribution in [1.82, 2.24) is 0 Å². The summed E-state index contributed by atoms with van der Waals surface area (Å²) < 4.78 is 25.2. The van der Waals surface area contributed by atoms with Crippen LogP contribution in [0.4, 0.5) is 5.69 Å². The van der Waals surface area contributed by atoms with E-state index in [2.05, 4.69) is 19.9 Å². The van der Waals surface area contributed by atoms with Crippen LogP contribution < -0.4 is 29.6 Å². The fraction of sp³-hybridized carbons (Fsp3) is 0. The van der Waals surface area contributed by atoms with Crippen molar-refractivity contribution < 1.29 is 42.9 Å². The van der Waals surface area contributed by atoms with Gasteiger partial charge in [-0.25, -0.2) is 24.6 Å². The van der Waals surface area contributed by atoms with Crippen molar-refractivity contribution in [1.29, 1.82) is 0 Å². The number of hydrogen-bond acceptors (Lipinski definition) is 4. The Bertz CT molecular complexity index is 447. The Kier molecular flexibility index (Phi) is 5.93. The first-order valence-corrected chi connectivity index (χ1v) is 5.45. The van der Waals surface area contributed by atoms with E-state index in [1.165, 1.54) is 0 Å². The summed E-state index contributed by atoms with van der Waals surface area (Å²) in [5, 5.41) is 10.3. The Morgan fingerprint density at radius 1 is 1.27 bits per heavy atom. The van der Waals surface area contributed by atoms with Gasteiger partial charge in [-0.15, -0.1) is 0 Å². The zero-order chi connectivity index (χ0) is 10.8. The number of hydrogen-bond donors (Lipinski definition) is 0. The Morgan fingerprint density at radius 2 is 1.73 bits per heavy atom. The molecule has 6 nitrogen and oxygen atoms in total. The SMILES string of the molecule is O=[N+]([O-])c1ccc(S(=O)(=O)[N-]Br)cc1.[Na+]. The van der Waals surface area contributed by atoms with Gasteiger partial charge >= 0.3 is 29.6 Å². The van der Waals surface area contributed by atoms with Crippen LogP contribution in [-0.2, 0) is 10.0 Å². The molecule has 76 valence electrons. The summed E-state index contributed by atoms with van der Waals surface area (Å²) in [6.45, 7) is 0. The number of nitrogens with zero attached hydrogens (tertiary/aromatic N) is 2. The third-order valence-corrected chi connectivity index (χ3v) is 3.63. The van der Waals surface area contributed by atoms with E-state index in [1.54, 1.807) is 0 Å². The minimum atomic E-state index is -3.72. The van der Waals surface area contributed by atoms with Crippen LogP contribution in [0.2, 0.25) is 0 Å². The molecule has 0 saturated carbocycles. The van der Waals surface area contributed by atoms with Crippen LogP contribution in [0.3, 0.4) is 0 Å². The molecular weight excluding hydrogens is 299 g/mol. The van der Waals surface area contributed by atoms with Crippen LogP contribution in [0.15, 0.2) is 29.2 Å². The van der Waals surface area contributed by atoms with Gasteiger partial charge in [-0.1, -0.05) is 0 Å². The van der Waals surface area contributed by atoms with Crippen molar-refractivity contribution in [2.45, 2.75) is 4.90 Å². The van der Waals surface area contributed by atoms with Gasteiger partial charge in [0.25, 0.3) is 5.69 Å². The first-order chi connectivity index (χ1) is 6.47. The van der Waals surface area contributed by atoms with Crippen LogP contribution >= 0.6 is 16.1 Å². The maximum atomic E-state index is 11.1. The number of sulfonamides is 1. The third-order valence-electron chi connectivity index (χ3n) is 1.44. The number of benzene rings is 1. The predicted octanol–water partition coefficient (Wildman–Crippen LogP) is -1.03. The maximum absolute atomic E-state index is 11.1. The fourth-order valence-corrected chi connectivity index (χ4v) is 1.84. The first kappa shape index (κ1) is 15.0. The van der Waals surface area contributed by atoms with E-state index in [4.69, 9.17) is 0 Å². The van der Waals surface area contributed by atoms with Gasteiger partial charge in [0.15, 0.2) is 0 Å². The Labute approximate surface area is 117 Å². The largest absolute Gasteiger partial charge is 1.00 e.